The molecular weight excluding hydrogens is 178 g/mol. The fourth-order valence-electron chi connectivity index (χ4n) is 0.909. The van der Waals surface area contributed by atoms with E-state index in [-0.39, 0.29) is 11.8 Å². The zero-order valence-electron chi connectivity index (χ0n) is 6.37. The van der Waals surface area contributed by atoms with E-state index in [9.17, 15) is 13.6 Å². The van der Waals surface area contributed by atoms with Crippen molar-refractivity contribution in [2.75, 3.05) is 0 Å². The number of carbonyl (C=O) groups is 1. The van der Waals surface area contributed by atoms with Crippen LogP contribution in [0.4, 0.5) is 8.78 Å². The predicted molar refractivity (Wildman–Crippen MR) is 39.3 cm³/mol. The molecule has 0 unspecified atom stereocenters. The van der Waals surface area contributed by atoms with E-state index in [1.807, 2.05) is 0 Å². The van der Waals surface area contributed by atoms with Crippen molar-refractivity contribution in [3.63, 3.8) is 0 Å². The third kappa shape index (κ3) is 1.67. The molecule has 0 saturated heterocycles. The van der Waals surface area contributed by atoms with Crippen molar-refractivity contribution < 1.29 is 13.6 Å². The Balaban J connectivity index is 3.40. The van der Waals surface area contributed by atoms with E-state index in [1.165, 1.54) is 6.07 Å². The molecule has 0 fully saturated rings. The van der Waals surface area contributed by atoms with E-state index >= 15 is 0 Å². The first kappa shape index (κ1) is 9.26. The van der Waals surface area contributed by atoms with Crippen LogP contribution < -0.4 is 0 Å². The van der Waals surface area contributed by atoms with Gasteiger partial charge in [-0.15, -0.1) is 0 Å². The number of hydrogen-bond donors (Lipinski definition) is 0. The first-order valence-corrected chi connectivity index (χ1v) is 3.33. The van der Waals surface area contributed by atoms with Crippen LogP contribution in [0.5, 0.6) is 0 Å². The summed E-state index contributed by atoms with van der Waals surface area (Å²) in [4.78, 5) is 13.8. The summed E-state index contributed by atoms with van der Waals surface area (Å²) in [6.07, 6.45) is -1.43. The van der Waals surface area contributed by atoms with Gasteiger partial charge in [0.05, 0.1) is 5.56 Å². The third-order valence-electron chi connectivity index (χ3n) is 1.47. The molecule has 0 amide bonds. The number of halogens is 2. The molecule has 1 aromatic heterocycles. The van der Waals surface area contributed by atoms with E-state index in [4.69, 9.17) is 5.26 Å². The van der Waals surface area contributed by atoms with Crippen molar-refractivity contribution in [3.8, 4) is 6.07 Å². The lowest BCUT2D eigenvalue weighted by Gasteiger charge is -2.03. The van der Waals surface area contributed by atoms with Gasteiger partial charge in [-0.3, -0.25) is 4.79 Å². The average molecular weight is 182 g/mol. The molecule has 0 spiro atoms. The number of nitrogens with zero attached hydrogens (tertiary/aromatic N) is 2. The quantitative estimate of drug-likeness (QED) is 0.654. The van der Waals surface area contributed by atoms with Crippen molar-refractivity contribution >= 4 is 6.29 Å². The number of carbonyl (C=O) groups excluding carboxylic acids is 1. The predicted octanol–water partition coefficient (Wildman–Crippen LogP) is 1.70. The highest BCUT2D eigenvalue weighted by Crippen LogP contribution is 2.23. The Hall–Kier alpha value is -1.83. The SMILES string of the molecule is N#Cc1nccc(C=O)c1C(F)F. The molecule has 0 N–H and O–H groups in total. The van der Waals surface area contributed by atoms with Crippen LogP contribution in [-0.4, -0.2) is 11.3 Å². The molecule has 1 aromatic rings. The van der Waals surface area contributed by atoms with Gasteiger partial charge in [0.1, 0.15) is 11.8 Å². The summed E-state index contributed by atoms with van der Waals surface area (Å²) in [5.41, 5.74) is -1.19. The molecule has 0 bridgehead atoms. The molecule has 0 saturated carbocycles. The van der Waals surface area contributed by atoms with Gasteiger partial charge in [-0.2, -0.15) is 5.26 Å². The van der Waals surface area contributed by atoms with Gasteiger partial charge in [0.15, 0.2) is 6.29 Å². The molecule has 66 valence electrons. The largest absolute Gasteiger partial charge is 0.298 e. The van der Waals surface area contributed by atoms with Crippen LogP contribution in [0.3, 0.4) is 0 Å². The van der Waals surface area contributed by atoms with Gasteiger partial charge in [-0.25, -0.2) is 13.8 Å². The number of rotatable bonds is 2. The molecule has 0 aromatic carbocycles. The summed E-state index contributed by atoms with van der Waals surface area (Å²) >= 11 is 0. The van der Waals surface area contributed by atoms with Gasteiger partial charge in [0.25, 0.3) is 6.43 Å². The van der Waals surface area contributed by atoms with Gasteiger partial charge in [-0.1, -0.05) is 0 Å². The molecule has 1 rings (SSSR count). The van der Waals surface area contributed by atoms with Crippen molar-refractivity contribution in [2.24, 2.45) is 0 Å². The fraction of sp³-hybridized carbons (Fsp3) is 0.125. The lowest BCUT2D eigenvalue weighted by molar-refractivity contribution is 0.110. The minimum Gasteiger partial charge on any atom is -0.298 e. The Bertz CT molecular complexity index is 371. The Morgan fingerprint density at radius 2 is 2.31 bits per heavy atom. The molecule has 3 nitrogen and oxygen atoms in total. The van der Waals surface area contributed by atoms with E-state index in [2.05, 4.69) is 4.98 Å². The summed E-state index contributed by atoms with van der Waals surface area (Å²) in [6, 6.07) is 2.65. The number of pyridine rings is 1. The molecule has 13 heavy (non-hydrogen) atoms. The monoisotopic (exact) mass is 182 g/mol. The van der Waals surface area contributed by atoms with Crippen molar-refractivity contribution in [1.82, 2.24) is 4.98 Å². The average Bonchev–Trinajstić information content (AvgIpc) is 2.16. The van der Waals surface area contributed by atoms with Gasteiger partial charge in [0, 0.05) is 11.8 Å². The molecule has 0 aliphatic rings. The number of aromatic nitrogens is 1. The maximum atomic E-state index is 12.3. The van der Waals surface area contributed by atoms with Crippen molar-refractivity contribution in [1.29, 1.82) is 5.26 Å². The van der Waals surface area contributed by atoms with Crippen LogP contribution in [0.2, 0.25) is 0 Å². The zero-order chi connectivity index (χ0) is 9.84. The second-order valence-corrected chi connectivity index (χ2v) is 2.19. The summed E-state index contributed by atoms with van der Waals surface area (Å²) in [5, 5.41) is 8.43. The van der Waals surface area contributed by atoms with Gasteiger partial charge in [-0.05, 0) is 6.07 Å². The smallest absolute Gasteiger partial charge is 0.267 e. The molecule has 0 aliphatic heterocycles. The van der Waals surface area contributed by atoms with Crippen molar-refractivity contribution in [3.05, 3.63) is 29.1 Å². The van der Waals surface area contributed by atoms with E-state index in [0.29, 0.717) is 0 Å². The topological polar surface area (TPSA) is 53.8 Å². The van der Waals surface area contributed by atoms with Crippen molar-refractivity contribution in [2.45, 2.75) is 6.43 Å². The molecule has 0 radical (unpaired) electrons. The summed E-state index contributed by atoms with van der Waals surface area (Å²) < 4.78 is 24.6. The Kier molecular flexibility index (Phi) is 2.65. The fourth-order valence-corrected chi connectivity index (χ4v) is 0.909. The van der Waals surface area contributed by atoms with E-state index in [0.717, 1.165) is 12.3 Å². The molecule has 0 atom stereocenters. The third-order valence-corrected chi connectivity index (χ3v) is 1.47. The summed E-state index contributed by atoms with van der Waals surface area (Å²) in [7, 11) is 0. The van der Waals surface area contributed by atoms with Gasteiger partial charge in [0.2, 0.25) is 0 Å². The van der Waals surface area contributed by atoms with Crippen LogP contribution in [-0.2, 0) is 0 Å². The van der Waals surface area contributed by atoms with Gasteiger partial charge >= 0.3 is 0 Å². The first-order chi connectivity index (χ1) is 6.20. The number of aldehydes is 1. The molecule has 1 heterocycles. The maximum Gasteiger partial charge on any atom is 0.267 e. The van der Waals surface area contributed by atoms with Crippen LogP contribution in [0.25, 0.3) is 0 Å². The molecular formula is C8H4F2N2O. The minimum atomic E-state index is -2.86. The number of nitriles is 1. The standard InChI is InChI=1S/C8H4F2N2O/c9-8(10)7-5(4-13)1-2-12-6(7)3-11/h1-2,4,8H. The number of alkyl halides is 2. The lowest BCUT2D eigenvalue weighted by atomic mass is 10.1. The van der Waals surface area contributed by atoms with E-state index in [1.54, 1.807) is 0 Å². The summed E-state index contributed by atoms with van der Waals surface area (Å²) in [6.45, 7) is 0. The lowest BCUT2D eigenvalue weighted by Crippen LogP contribution is -1.99. The van der Waals surface area contributed by atoms with Crippen LogP contribution in [0.15, 0.2) is 12.3 Å². The minimum absolute atomic E-state index is 0.193. The normalized spacial score (nSPS) is 9.69. The highest BCUT2D eigenvalue weighted by atomic mass is 19.3. The summed E-state index contributed by atoms with van der Waals surface area (Å²) in [5.74, 6) is 0. The second kappa shape index (κ2) is 3.72. The highest BCUT2D eigenvalue weighted by Gasteiger charge is 2.18. The first-order valence-electron chi connectivity index (χ1n) is 3.33. The molecule has 5 heteroatoms. The zero-order valence-corrected chi connectivity index (χ0v) is 6.37. The second-order valence-electron chi connectivity index (χ2n) is 2.19. The Morgan fingerprint density at radius 1 is 1.62 bits per heavy atom. The Labute approximate surface area is 72.6 Å². The maximum absolute atomic E-state index is 12.3. The Morgan fingerprint density at radius 3 is 2.77 bits per heavy atom. The van der Waals surface area contributed by atoms with Crippen LogP contribution >= 0.6 is 0 Å². The number of hydrogen-bond acceptors (Lipinski definition) is 3. The highest BCUT2D eigenvalue weighted by molar-refractivity contribution is 5.78. The van der Waals surface area contributed by atoms with Gasteiger partial charge < -0.3 is 0 Å². The van der Waals surface area contributed by atoms with Crippen LogP contribution in [0, 0.1) is 11.3 Å². The van der Waals surface area contributed by atoms with Crippen LogP contribution in [0.1, 0.15) is 28.0 Å². The molecule has 0 aliphatic carbocycles. The van der Waals surface area contributed by atoms with E-state index < -0.39 is 17.7 Å².